The number of hydrogen-bond acceptors (Lipinski definition) is 4. The van der Waals surface area contributed by atoms with Crippen molar-refractivity contribution < 1.29 is 18.3 Å². The summed E-state index contributed by atoms with van der Waals surface area (Å²) in [6.45, 7) is 1.49. The quantitative estimate of drug-likeness (QED) is 0.895. The molecule has 0 saturated carbocycles. The van der Waals surface area contributed by atoms with Crippen LogP contribution in [0.4, 0.5) is 0 Å². The number of sulfone groups is 1. The number of nitrogens with zero attached hydrogens (tertiary/aromatic N) is 1. The Kier molecular flexibility index (Phi) is 4.43. The van der Waals surface area contributed by atoms with Gasteiger partial charge in [-0.1, -0.05) is 6.07 Å². The van der Waals surface area contributed by atoms with E-state index < -0.39 is 15.8 Å². The third-order valence-corrected chi connectivity index (χ3v) is 5.23. The first-order chi connectivity index (χ1) is 9.81. The van der Waals surface area contributed by atoms with E-state index in [1.165, 1.54) is 31.3 Å². The van der Waals surface area contributed by atoms with E-state index in [1.54, 1.807) is 12.1 Å². The van der Waals surface area contributed by atoms with Gasteiger partial charge in [0.15, 0.2) is 9.84 Å². The molecule has 7 heteroatoms. The Labute approximate surface area is 130 Å². The Morgan fingerprint density at radius 3 is 2.57 bits per heavy atom. The van der Waals surface area contributed by atoms with Crippen LogP contribution in [0, 0.1) is 6.92 Å². The lowest BCUT2D eigenvalue weighted by Gasteiger charge is -2.09. The van der Waals surface area contributed by atoms with Gasteiger partial charge in [0.1, 0.15) is 0 Å². The molecule has 0 aliphatic heterocycles. The van der Waals surface area contributed by atoms with Gasteiger partial charge in [-0.2, -0.15) is 0 Å². The number of halogens is 1. The lowest BCUT2D eigenvalue weighted by Crippen LogP contribution is -2.11. The van der Waals surface area contributed by atoms with Gasteiger partial charge in [0.25, 0.3) is 0 Å². The second-order valence-corrected chi connectivity index (χ2v) is 7.33. The number of carboxylic acids is 1. The lowest BCUT2D eigenvalue weighted by molar-refractivity contribution is 0.0696. The number of aromatic carboxylic acids is 1. The molecular formula is C14H12BrNO4S. The molecule has 0 amide bonds. The molecule has 0 bridgehead atoms. The van der Waals surface area contributed by atoms with Crippen molar-refractivity contribution >= 4 is 31.7 Å². The van der Waals surface area contributed by atoms with Crippen LogP contribution in [-0.4, -0.2) is 24.5 Å². The number of carboxylic acid groups (broad SMARTS) is 1. The van der Waals surface area contributed by atoms with Crippen LogP contribution >= 0.6 is 15.9 Å². The molecule has 110 valence electrons. The zero-order valence-corrected chi connectivity index (χ0v) is 13.5. The van der Waals surface area contributed by atoms with E-state index in [0.29, 0.717) is 5.69 Å². The first-order valence-corrected chi connectivity index (χ1v) is 8.42. The molecule has 1 N–H and O–H groups in total. The molecule has 5 nitrogen and oxygen atoms in total. The first-order valence-electron chi connectivity index (χ1n) is 5.97. The van der Waals surface area contributed by atoms with Crippen molar-refractivity contribution in [3.63, 3.8) is 0 Å². The van der Waals surface area contributed by atoms with Crippen molar-refractivity contribution in [3.05, 3.63) is 57.8 Å². The molecule has 1 aromatic heterocycles. The zero-order chi connectivity index (χ0) is 15.6. The summed E-state index contributed by atoms with van der Waals surface area (Å²) in [6.07, 6.45) is 1.52. The Bertz CT molecular complexity index is 785. The standard InChI is InChI=1S/C14H12BrNO4S/c1-9-12(14(17)18)3-2-4-13(9)21(19,20)8-11-6-5-10(15)7-16-11/h2-7H,8H2,1H3,(H,17,18). The van der Waals surface area contributed by atoms with Gasteiger partial charge in [0.2, 0.25) is 0 Å². The molecule has 0 unspecified atom stereocenters. The summed E-state index contributed by atoms with van der Waals surface area (Å²) >= 11 is 3.23. The predicted molar refractivity (Wildman–Crippen MR) is 81.0 cm³/mol. The van der Waals surface area contributed by atoms with Crippen molar-refractivity contribution in [1.82, 2.24) is 4.98 Å². The highest BCUT2D eigenvalue weighted by molar-refractivity contribution is 9.10. The fourth-order valence-electron chi connectivity index (χ4n) is 1.95. The molecule has 2 aromatic rings. The van der Waals surface area contributed by atoms with Crippen LogP contribution in [0.1, 0.15) is 21.6 Å². The highest BCUT2D eigenvalue weighted by Crippen LogP contribution is 2.22. The molecule has 1 heterocycles. The minimum Gasteiger partial charge on any atom is -0.478 e. The van der Waals surface area contributed by atoms with Crippen molar-refractivity contribution in [2.45, 2.75) is 17.6 Å². The topological polar surface area (TPSA) is 84.3 Å². The van der Waals surface area contributed by atoms with Crippen LogP contribution in [0.15, 0.2) is 45.9 Å². The zero-order valence-electron chi connectivity index (χ0n) is 11.1. The Hall–Kier alpha value is -1.73. The van der Waals surface area contributed by atoms with E-state index in [-0.39, 0.29) is 21.8 Å². The highest BCUT2D eigenvalue weighted by atomic mass is 79.9. The van der Waals surface area contributed by atoms with Gasteiger partial charge in [0, 0.05) is 10.7 Å². The van der Waals surface area contributed by atoms with Gasteiger partial charge in [0.05, 0.1) is 21.9 Å². The maximum atomic E-state index is 12.4. The molecule has 0 fully saturated rings. The number of aromatic nitrogens is 1. The fraction of sp³-hybridized carbons (Fsp3) is 0.143. The number of hydrogen-bond donors (Lipinski definition) is 1. The van der Waals surface area contributed by atoms with Gasteiger partial charge in [-0.05, 0) is 52.7 Å². The average molecular weight is 370 g/mol. The molecule has 0 radical (unpaired) electrons. The van der Waals surface area contributed by atoms with E-state index in [2.05, 4.69) is 20.9 Å². The second kappa shape index (κ2) is 5.95. The summed E-state index contributed by atoms with van der Waals surface area (Å²) in [7, 11) is -3.65. The molecule has 0 atom stereocenters. The smallest absolute Gasteiger partial charge is 0.335 e. The van der Waals surface area contributed by atoms with E-state index in [0.717, 1.165) is 4.47 Å². The summed E-state index contributed by atoms with van der Waals surface area (Å²) in [5.41, 5.74) is 0.625. The van der Waals surface area contributed by atoms with Crippen molar-refractivity contribution in [2.75, 3.05) is 0 Å². The van der Waals surface area contributed by atoms with Crippen LogP contribution in [-0.2, 0) is 15.6 Å². The predicted octanol–water partition coefficient (Wildman–Crippen LogP) is 2.82. The van der Waals surface area contributed by atoms with Crippen LogP contribution in [0.5, 0.6) is 0 Å². The van der Waals surface area contributed by atoms with Crippen LogP contribution < -0.4 is 0 Å². The summed E-state index contributed by atoms with van der Waals surface area (Å²) in [6, 6.07) is 7.54. The summed E-state index contributed by atoms with van der Waals surface area (Å²) < 4.78 is 25.6. The van der Waals surface area contributed by atoms with E-state index in [4.69, 9.17) is 5.11 Å². The second-order valence-electron chi connectivity index (χ2n) is 4.46. The maximum Gasteiger partial charge on any atom is 0.335 e. The van der Waals surface area contributed by atoms with Crippen molar-refractivity contribution in [2.24, 2.45) is 0 Å². The highest BCUT2D eigenvalue weighted by Gasteiger charge is 2.21. The molecule has 0 spiro atoms. The molecular weight excluding hydrogens is 358 g/mol. The van der Waals surface area contributed by atoms with Gasteiger partial charge in [-0.15, -0.1) is 0 Å². The minimum atomic E-state index is -3.65. The molecule has 0 aliphatic rings. The SMILES string of the molecule is Cc1c(C(=O)O)cccc1S(=O)(=O)Cc1ccc(Br)cn1. The van der Waals surface area contributed by atoms with Crippen LogP contribution in [0.25, 0.3) is 0 Å². The lowest BCUT2D eigenvalue weighted by atomic mass is 10.1. The summed E-state index contributed by atoms with van der Waals surface area (Å²) in [5, 5.41) is 9.06. The Morgan fingerprint density at radius 1 is 1.29 bits per heavy atom. The van der Waals surface area contributed by atoms with Gasteiger partial charge in [-0.25, -0.2) is 13.2 Å². The number of pyridine rings is 1. The van der Waals surface area contributed by atoms with Gasteiger partial charge < -0.3 is 5.11 Å². The van der Waals surface area contributed by atoms with E-state index in [9.17, 15) is 13.2 Å². The Balaban J connectivity index is 2.42. The number of rotatable bonds is 4. The molecule has 21 heavy (non-hydrogen) atoms. The molecule has 0 saturated heterocycles. The first kappa shape index (κ1) is 15.7. The van der Waals surface area contributed by atoms with E-state index >= 15 is 0 Å². The summed E-state index contributed by atoms with van der Waals surface area (Å²) in [5.74, 6) is -1.42. The van der Waals surface area contributed by atoms with Crippen LogP contribution in [0.3, 0.4) is 0 Å². The number of benzene rings is 1. The normalized spacial score (nSPS) is 11.3. The monoisotopic (exact) mass is 369 g/mol. The average Bonchev–Trinajstić information content (AvgIpc) is 2.41. The Morgan fingerprint density at radius 2 is 2.00 bits per heavy atom. The minimum absolute atomic E-state index is 0.0140. The maximum absolute atomic E-state index is 12.4. The van der Waals surface area contributed by atoms with Crippen LogP contribution in [0.2, 0.25) is 0 Å². The molecule has 0 aliphatic carbocycles. The largest absolute Gasteiger partial charge is 0.478 e. The van der Waals surface area contributed by atoms with Crippen molar-refractivity contribution in [3.8, 4) is 0 Å². The van der Waals surface area contributed by atoms with Gasteiger partial charge >= 0.3 is 5.97 Å². The fourth-order valence-corrected chi connectivity index (χ4v) is 3.76. The molecule has 2 rings (SSSR count). The number of carbonyl (C=O) groups is 1. The van der Waals surface area contributed by atoms with E-state index in [1.807, 2.05) is 0 Å². The van der Waals surface area contributed by atoms with Gasteiger partial charge in [-0.3, -0.25) is 4.98 Å². The third-order valence-electron chi connectivity index (χ3n) is 2.98. The molecule has 1 aromatic carbocycles. The third kappa shape index (κ3) is 3.48. The van der Waals surface area contributed by atoms with Crippen molar-refractivity contribution in [1.29, 1.82) is 0 Å². The summed E-state index contributed by atoms with van der Waals surface area (Å²) in [4.78, 5) is 15.1.